The SMILES string of the molecule is Cn1c(CN2CCC(c3cccc(OCc4ccc(Cl)cc4F)n3)CC2)nc2cc(NC(=O)c3ccc(F)cn3)ccc21. The number of halogens is 3. The fraction of sp³-hybridized carbons (Fsp3) is 0.250. The molecule has 1 N–H and O–H groups in total. The van der Waals surface area contributed by atoms with Crippen LogP contribution in [0.2, 0.25) is 5.02 Å². The normalized spacial score (nSPS) is 14.2. The molecule has 6 rings (SSSR count). The molecule has 4 heterocycles. The third-order valence-corrected chi connectivity index (χ3v) is 7.93. The smallest absolute Gasteiger partial charge is 0.274 e. The monoisotopic (exact) mass is 602 g/mol. The molecule has 2 aromatic carbocycles. The Bertz CT molecular complexity index is 1770. The lowest BCUT2D eigenvalue weighted by Gasteiger charge is -2.31. The number of hydrogen-bond acceptors (Lipinski definition) is 6. The molecular weight excluding hydrogens is 574 g/mol. The first kappa shape index (κ1) is 28.7. The van der Waals surface area contributed by atoms with Crippen molar-refractivity contribution in [2.45, 2.75) is 31.9 Å². The molecule has 0 unspecified atom stereocenters. The van der Waals surface area contributed by atoms with Crippen LogP contribution in [0, 0.1) is 11.6 Å². The maximum atomic E-state index is 14.1. The quantitative estimate of drug-likeness (QED) is 0.218. The number of piperidine rings is 1. The molecule has 1 amide bonds. The van der Waals surface area contributed by atoms with E-state index < -0.39 is 17.5 Å². The van der Waals surface area contributed by atoms with Gasteiger partial charge in [0.1, 0.15) is 29.8 Å². The lowest BCUT2D eigenvalue weighted by atomic mass is 9.93. The number of amides is 1. The van der Waals surface area contributed by atoms with E-state index in [9.17, 15) is 13.6 Å². The fourth-order valence-electron chi connectivity index (χ4n) is 5.29. The first-order valence-corrected chi connectivity index (χ1v) is 14.3. The molecule has 0 spiro atoms. The zero-order chi connectivity index (χ0) is 29.9. The van der Waals surface area contributed by atoms with Gasteiger partial charge in [-0.2, -0.15) is 0 Å². The minimum absolute atomic E-state index is 0.0786. The second kappa shape index (κ2) is 12.4. The highest BCUT2D eigenvalue weighted by Crippen LogP contribution is 2.29. The molecule has 0 atom stereocenters. The summed E-state index contributed by atoms with van der Waals surface area (Å²) in [6.45, 7) is 2.56. The molecule has 11 heteroatoms. The Morgan fingerprint density at radius 1 is 1.05 bits per heavy atom. The number of imidazole rings is 1. The topological polar surface area (TPSA) is 85.2 Å². The van der Waals surface area contributed by atoms with E-state index in [-0.39, 0.29) is 12.3 Å². The Balaban J connectivity index is 1.05. The molecule has 8 nitrogen and oxygen atoms in total. The number of fused-ring (bicyclic) bond motifs is 1. The number of pyridine rings is 2. The van der Waals surface area contributed by atoms with Crippen LogP contribution < -0.4 is 10.1 Å². The van der Waals surface area contributed by atoms with E-state index in [1.54, 1.807) is 18.2 Å². The summed E-state index contributed by atoms with van der Waals surface area (Å²) in [5.74, 6) is 0.389. The van der Waals surface area contributed by atoms with E-state index in [1.807, 2.05) is 37.4 Å². The number of aromatic nitrogens is 4. The summed E-state index contributed by atoms with van der Waals surface area (Å²) in [7, 11) is 1.99. The number of benzene rings is 2. The number of rotatable bonds is 8. The van der Waals surface area contributed by atoms with Gasteiger partial charge in [0.05, 0.1) is 23.8 Å². The van der Waals surface area contributed by atoms with Crippen molar-refractivity contribution in [1.29, 1.82) is 0 Å². The molecule has 0 aliphatic carbocycles. The van der Waals surface area contributed by atoms with E-state index >= 15 is 0 Å². The fourth-order valence-corrected chi connectivity index (χ4v) is 5.45. The molecule has 5 aromatic rings. The Hall–Kier alpha value is -4.41. The standard InChI is InChI=1S/C32H29ClF2N6O2/c1-40-29-10-8-24(37-32(42)27-9-7-23(34)17-36-27)16-28(29)38-30(40)18-41-13-11-20(12-14-41)26-3-2-4-31(39-26)43-19-21-5-6-22(33)15-25(21)35/h2-10,15-17,20H,11-14,18-19H2,1H3,(H,37,42). The number of nitrogens with zero attached hydrogens (tertiary/aromatic N) is 5. The van der Waals surface area contributed by atoms with Gasteiger partial charge in [-0.1, -0.05) is 23.7 Å². The predicted molar refractivity (Wildman–Crippen MR) is 160 cm³/mol. The minimum atomic E-state index is -0.497. The Labute approximate surface area is 252 Å². The van der Waals surface area contributed by atoms with Crippen LogP contribution in [0.3, 0.4) is 0 Å². The van der Waals surface area contributed by atoms with Crippen molar-refractivity contribution in [2.24, 2.45) is 7.05 Å². The van der Waals surface area contributed by atoms with Crippen LogP contribution in [-0.2, 0) is 20.2 Å². The van der Waals surface area contributed by atoms with Crippen LogP contribution >= 0.6 is 11.6 Å². The van der Waals surface area contributed by atoms with Crippen molar-refractivity contribution in [3.05, 3.63) is 112 Å². The molecule has 1 fully saturated rings. The molecule has 3 aromatic heterocycles. The van der Waals surface area contributed by atoms with Gasteiger partial charge in [-0.3, -0.25) is 9.69 Å². The van der Waals surface area contributed by atoms with Crippen molar-refractivity contribution in [3.8, 4) is 5.88 Å². The molecule has 0 saturated carbocycles. The average molecular weight is 603 g/mol. The van der Waals surface area contributed by atoms with E-state index in [4.69, 9.17) is 26.3 Å². The van der Waals surface area contributed by atoms with Gasteiger partial charge in [0, 0.05) is 41.0 Å². The Morgan fingerprint density at radius 3 is 2.65 bits per heavy atom. The number of anilines is 1. The third kappa shape index (κ3) is 6.65. The average Bonchev–Trinajstić information content (AvgIpc) is 3.31. The lowest BCUT2D eigenvalue weighted by molar-refractivity contribution is 0.102. The largest absolute Gasteiger partial charge is 0.473 e. The highest BCUT2D eigenvalue weighted by atomic mass is 35.5. The maximum Gasteiger partial charge on any atom is 0.274 e. The van der Waals surface area contributed by atoms with Crippen molar-refractivity contribution < 1.29 is 18.3 Å². The van der Waals surface area contributed by atoms with Gasteiger partial charge in [-0.25, -0.2) is 23.7 Å². The van der Waals surface area contributed by atoms with Crippen molar-refractivity contribution in [2.75, 3.05) is 18.4 Å². The van der Waals surface area contributed by atoms with Gasteiger partial charge >= 0.3 is 0 Å². The van der Waals surface area contributed by atoms with Gasteiger partial charge in [0.2, 0.25) is 5.88 Å². The highest BCUT2D eigenvalue weighted by molar-refractivity contribution is 6.30. The number of carbonyl (C=O) groups excluding carboxylic acids is 1. The molecule has 0 bridgehead atoms. The number of carbonyl (C=O) groups is 1. The lowest BCUT2D eigenvalue weighted by Crippen LogP contribution is -2.33. The second-order valence-corrected chi connectivity index (χ2v) is 11.0. The Morgan fingerprint density at radius 2 is 1.88 bits per heavy atom. The van der Waals surface area contributed by atoms with E-state index in [0.29, 0.717) is 34.6 Å². The summed E-state index contributed by atoms with van der Waals surface area (Å²) in [6, 6.07) is 18.4. The van der Waals surface area contributed by atoms with Gasteiger partial charge in [0.25, 0.3) is 5.91 Å². The van der Waals surface area contributed by atoms with E-state index in [0.717, 1.165) is 54.7 Å². The molecular formula is C32H29ClF2N6O2. The molecule has 1 saturated heterocycles. The van der Waals surface area contributed by atoms with Crippen LogP contribution in [0.5, 0.6) is 5.88 Å². The molecule has 43 heavy (non-hydrogen) atoms. The zero-order valence-corrected chi connectivity index (χ0v) is 24.2. The van der Waals surface area contributed by atoms with Crippen molar-refractivity contribution in [3.63, 3.8) is 0 Å². The van der Waals surface area contributed by atoms with Gasteiger partial charge in [0.15, 0.2) is 0 Å². The number of hydrogen-bond donors (Lipinski definition) is 1. The maximum absolute atomic E-state index is 14.1. The van der Waals surface area contributed by atoms with Gasteiger partial charge in [-0.05, 0) is 74.5 Å². The van der Waals surface area contributed by atoms with Crippen LogP contribution in [0.25, 0.3) is 11.0 Å². The van der Waals surface area contributed by atoms with Gasteiger partial charge < -0.3 is 14.6 Å². The number of aryl methyl sites for hydroxylation is 1. The highest BCUT2D eigenvalue weighted by Gasteiger charge is 2.23. The van der Waals surface area contributed by atoms with E-state index in [2.05, 4.69) is 19.8 Å². The third-order valence-electron chi connectivity index (χ3n) is 7.70. The van der Waals surface area contributed by atoms with Crippen molar-refractivity contribution in [1.82, 2.24) is 24.4 Å². The summed E-state index contributed by atoms with van der Waals surface area (Å²) in [5.41, 5.74) is 3.86. The molecule has 1 aliphatic rings. The first-order chi connectivity index (χ1) is 20.8. The summed E-state index contributed by atoms with van der Waals surface area (Å²) >= 11 is 5.84. The van der Waals surface area contributed by atoms with E-state index in [1.165, 1.54) is 18.2 Å². The number of nitrogens with one attached hydrogen (secondary N) is 1. The van der Waals surface area contributed by atoms with Gasteiger partial charge in [-0.15, -0.1) is 0 Å². The van der Waals surface area contributed by atoms with Crippen LogP contribution in [0.15, 0.2) is 72.9 Å². The first-order valence-electron chi connectivity index (χ1n) is 14.0. The van der Waals surface area contributed by atoms with Crippen LogP contribution in [0.4, 0.5) is 14.5 Å². The van der Waals surface area contributed by atoms with Crippen molar-refractivity contribution >= 4 is 34.2 Å². The van der Waals surface area contributed by atoms with Crippen LogP contribution in [-0.4, -0.2) is 43.4 Å². The molecule has 0 radical (unpaired) electrons. The summed E-state index contributed by atoms with van der Waals surface area (Å²) < 4.78 is 35.1. The number of ether oxygens (including phenoxy) is 1. The minimum Gasteiger partial charge on any atom is -0.473 e. The summed E-state index contributed by atoms with van der Waals surface area (Å²) in [5, 5.41) is 3.15. The summed E-state index contributed by atoms with van der Waals surface area (Å²) in [6.07, 6.45) is 2.90. The molecule has 220 valence electrons. The second-order valence-electron chi connectivity index (χ2n) is 10.6. The number of likely N-dealkylation sites (tertiary alicyclic amines) is 1. The summed E-state index contributed by atoms with van der Waals surface area (Å²) in [4.78, 5) is 28.3. The Kier molecular flexibility index (Phi) is 8.31. The molecule has 1 aliphatic heterocycles. The zero-order valence-electron chi connectivity index (χ0n) is 23.4. The van der Waals surface area contributed by atoms with Crippen LogP contribution in [0.1, 0.15) is 46.3 Å². The predicted octanol–water partition coefficient (Wildman–Crippen LogP) is 6.51.